The number of rotatable bonds is 4. The Bertz CT molecular complexity index is 504. The Hall–Kier alpha value is -2.43. The van der Waals surface area contributed by atoms with Crippen LogP contribution in [0.4, 0.5) is 5.82 Å². The van der Waals surface area contributed by atoms with Crippen molar-refractivity contribution in [1.29, 1.82) is 0 Å². The number of para-hydroxylation sites is 1. The molecule has 0 aliphatic rings. The van der Waals surface area contributed by atoms with Crippen LogP contribution < -0.4 is 19.9 Å². The zero-order chi connectivity index (χ0) is 13.0. The number of nitrogen functional groups attached to an aromatic ring is 1. The zero-order valence-corrected chi connectivity index (χ0v) is 10.2. The summed E-state index contributed by atoms with van der Waals surface area (Å²) < 4.78 is 16.2. The maximum Gasteiger partial charge on any atom is 0.211 e. The van der Waals surface area contributed by atoms with E-state index < -0.39 is 0 Å². The van der Waals surface area contributed by atoms with Crippen molar-refractivity contribution in [3.8, 4) is 23.0 Å². The van der Waals surface area contributed by atoms with Crippen LogP contribution in [0.1, 0.15) is 0 Å². The van der Waals surface area contributed by atoms with Crippen molar-refractivity contribution < 1.29 is 14.2 Å². The monoisotopic (exact) mass is 246 g/mol. The van der Waals surface area contributed by atoms with E-state index in [-0.39, 0.29) is 0 Å². The maximum absolute atomic E-state index is 5.71. The number of ether oxygens (including phenoxy) is 3. The summed E-state index contributed by atoms with van der Waals surface area (Å²) >= 11 is 0. The van der Waals surface area contributed by atoms with Gasteiger partial charge in [0.2, 0.25) is 5.75 Å². The molecule has 0 radical (unpaired) electrons. The summed E-state index contributed by atoms with van der Waals surface area (Å²) in [4.78, 5) is 3.96. The van der Waals surface area contributed by atoms with E-state index in [1.165, 1.54) is 0 Å². The number of nitrogens with two attached hydrogens (primary N) is 1. The molecule has 94 valence electrons. The first-order valence-corrected chi connectivity index (χ1v) is 5.35. The van der Waals surface area contributed by atoms with Crippen molar-refractivity contribution in [3.63, 3.8) is 0 Å². The molecule has 0 unspecified atom stereocenters. The van der Waals surface area contributed by atoms with Gasteiger partial charge in [0.25, 0.3) is 0 Å². The highest BCUT2D eigenvalue weighted by molar-refractivity contribution is 5.53. The van der Waals surface area contributed by atoms with E-state index in [2.05, 4.69) is 4.98 Å². The van der Waals surface area contributed by atoms with E-state index in [0.717, 1.165) is 0 Å². The van der Waals surface area contributed by atoms with Crippen molar-refractivity contribution >= 4 is 5.82 Å². The fourth-order valence-corrected chi connectivity index (χ4v) is 1.49. The molecule has 1 heterocycles. The Labute approximate surface area is 105 Å². The lowest BCUT2D eigenvalue weighted by atomic mass is 10.3. The van der Waals surface area contributed by atoms with Crippen molar-refractivity contribution in [3.05, 3.63) is 36.5 Å². The first-order chi connectivity index (χ1) is 8.74. The molecule has 1 aromatic heterocycles. The zero-order valence-electron chi connectivity index (χ0n) is 10.2. The molecule has 0 saturated carbocycles. The number of benzene rings is 1. The number of hydrogen-bond acceptors (Lipinski definition) is 5. The van der Waals surface area contributed by atoms with E-state index in [1.54, 1.807) is 44.7 Å². The van der Waals surface area contributed by atoms with E-state index >= 15 is 0 Å². The maximum atomic E-state index is 5.71. The van der Waals surface area contributed by atoms with Gasteiger partial charge in [-0.1, -0.05) is 6.07 Å². The minimum atomic E-state index is 0.439. The Kier molecular flexibility index (Phi) is 3.52. The molecule has 2 aromatic rings. The fraction of sp³-hybridized carbons (Fsp3) is 0.154. The van der Waals surface area contributed by atoms with Crippen LogP contribution in [-0.4, -0.2) is 19.2 Å². The van der Waals surface area contributed by atoms with Gasteiger partial charge in [0.15, 0.2) is 11.5 Å². The van der Waals surface area contributed by atoms with Crippen molar-refractivity contribution in [2.24, 2.45) is 0 Å². The van der Waals surface area contributed by atoms with Crippen molar-refractivity contribution in [1.82, 2.24) is 4.98 Å². The Morgan fingerprint density at radius 1 is 1.00 bits per heavy atom. The summed E-state index contributed by atoms with van der Waals surface area (Å²) in [7, 11) is 3.14. The molecule has 0 spiro atoms. The summed E-state index contributed by atoms with van der Waals surface area (Å²) in [5, 5.41) is 0. The highest BCUT2D eigenvalue weighted by Crippen LogP contribution is 2.39. The van der Waals surface area contributed by atoms with Gasteiger partial charge in [0, 0.05) is 0 Å². The Morgan fingerprint density at radius 2 is 1.67 bits per heavy atom. The number of anilines is 1. The topological polar surface area (TPSA) is 66.6 Å². The second-order valence-corrected chi connectivity index (χ2v) is 3.51. The molecule has 0 fully saturated rings. The average Bonchev–Trinajstić information content (AvgIpc) is 2.41. The second-order valence-electron chi connectivity index (χ2n) is 3.51. The number of hydrogen-bond donors (Lipinski definition) is 1. The highest BCUT2D eigenvalue weighted by atomic mass is 16.5. The lowest BCUT2D eigenvalue weighted by Gasteiger charge is -2.13. The number of methoxy groups -OCH3 is 2. The number of aromatic nitrogens is 1. The molecule has 5 heteroatoms. The smallest absolute Gasteiger partial charge is 0.211 e. The van der Waals surface area contributed by atoms with Crippen LogP contribution in [0.5, 0.6) is 23.0 Å². The average molecular weight is 246 g/mol. The first-order valence-electron chi connectivity index (χ1n) is 5.35. The Morgan fingerprint density at radius 3 is 2.17 bits per heavy atom. The van der Waals surface area contributed by atoms with Gasteiger partial charge in [-0.2, -0.15) is 0 Å². The van der Waals surface area contributed by atoms with Gasteiger partial charge in [-0.25, -0.2) is 4.98 Å². The van der Waals surface area contributed by atoms with Gasteiger partial charge in [-0.15, -0.1) is 0 Å². The summed E-state index contributed by atoms with van der Waals surface area (Å²) in [6.45, 7) is 0. The van der Waals surface area contributed by atoms with Gasteiger partial charge in [0.05, 0.1) is 20.4 Å². The Balaban J connectivity index is 2.35. The van der Waals surface area contributed by atoms with Crippen molar-refractivity contribution in [2.75, 3.05) is 20.0 Å². The lowest BCUT2D eigenvalue weighted by molar-refractivity contribution is 0.346. The van der Waals surface area contributed by atoms with Crippen LogP contribution in [0, 0.1) is 0 Å². The SMILES string of the molecule is COc1cccc(OC)c1Oc1ccc(N)nc1. The fourth-order valence-electron chi connectivity index (χ4n) is 1.49. The van der Waals surface area contributed by atoms with E-state index in [0.29, 0.717) is 28.8 Å². The van der Waals surface area contributed by atoms with E-state index in [1.807, 2.05) is 6.07 Å². The largest absolute Gasteiger partial charge is 0.493 e. The van der Waals surface area contributed by atoms with Crippen LogP contribution in [0.15, 0.2) is 36.5 Å². The minimum Gasteiger partial charge on any atom is -0.493 e. The number of nitrogens with zero attached hydrogens (tertiary/aromatic N) is 1. The minimum absolute atomic E-state index is 0.439. The molecule has 0 amide bonds. The molecule has 0 aliphatic heterocycles. The second kappa shape index (κ2) is 5.27. The van der Waals surface area contributed by atoms with Crippen molar-refractivity contribution in [2.45, 2.75) is 0 Å². The van der Waals surface area contributed by atoms with Gasteiger partial charge >= 0.3 is 0 Å². The summed E-state index contributed by atoms with van der Waals surface area (Å²) in [6.07, 6.45) is 1.54. The van der Waals surface area contributed by atoms with Gasteiger partial charge in [0.1, 0.15) is 11.6 Å². The molecule has 0 saturated heterocycles. The molecule has 0 atom stereocenters. The van der Waals surface area contributed by atoms with Gasteiger partial charge < -0.3 is 19.9 Å². The third-order valence-electron chi connectivity index (χ3n) is 2.36. The molecule has 2 N–H and O–H groups in total. The summed E-state index contributed by atoms with van der Waals surface area (Å²) in [6, 6.07) is 8.81. The third-order valence-corrected chi connectivity index (χ3v) is 2.36. The molecule has 18 heavy (non-hydrogen) atoms. The van der Waals surface area contributed by atoms with Crippen LogP contribution in [0.25, 0.3) is 0 Å². The molecule has 5 nitrogen and oxygen atoms in total. The van der Waals surface area contributed by atoms with Gasteiger partial charge in [-0.05, 0) is 24.3 Å². The predicted octanol–water partition coefficient (Wildman–Crippen LogP) is 2.47. The standard InChI is InChI=1S/C13H14N2O3/c1-16-10-4-3-5-11(17-2)13(10)18-9-6-7-12(14)15-8-9/h3-8H,1-2H3,(H2,14,15). The molecular formula is C13H14N2O3. The lowest BCUT2D eigenvalue weighted by Crippen LogP contribution is -1.95. The van der Waals surface area contributed by atoms with Crippen LogP contribution in [0.2, 0.25) is 0 Å². The van der Waals surface area contributed by atoms with E-state index in [4.69, 9.17) is 19.9 Å². The molecule has 0 bridgehead atoms. The highest BCUT2D eigenvalue weighted by Gasteiger charge is 2.12. The molecular weight excluding hydrogens is 232 g/mol. The molecule has 1 aromatic carbocycles. The first kappa shape index (κ1) is 12.0. The van der Waals surface area contributed by atoms with Crippen LogP contribution >= 0.6 is 0 Å². The molecule has 2 rings (SSSR count). The summed E-state index contributed by atoms with van der Waals surface area (Å²) in [5.74, 6) is 2.69. The quantitative estimate of drug-likeness (QED) is 0.897. The third kappa shape index (κ3) is 2.45. The molecule has 0 aliphatic carbocycles. The van der Waals surface area contributed by atoms with Gasteiger partial charge in [-0.3, -0.25) is 0 Å². The van der Waals surface area contributed by atoms with E-state index in [9.17, 15) is 0 Å². The van der Waals surface area contributed by atoms with Crippen LogP contribution in [-0.2, 0) is 0 Å². The normalized spacial score (nSPS) is 9.89. The van der Waals surface area contributed by atoms with Crippen LogP contribution in [0.3, 0.4) is 0 Å². The predicted molar refractivity (Wildman–Crippen MR) is 68.3 cm³/mol. The number of pyridine rings is 1. The summed E-state index contributed by atoms with van der Waals surface area (Å²) in [5.41, 5.74) is 5.52.